The summed E-state index contributed by atoms with van der Waals surface area (Å²) in [7, 11) is 1.66. The highest BCUT2D eigenvalue weighted by Crippen LogP contribution is 2.24. The van der Waals surface area contributed by atoms with Crippen LogP contribution in [-0.2, 0) is 4.79 Å². The Morgan fingerprint density at radius 2 is 2.00 bits per heavy atom. The quantitative estimate of drug-likeness (QED) is 0.874. The minimum atomic E-state index is 0.0357. The normalized spacial score (nSPS) is 20.3. The number of nitrogens with one attached hydrogen (secondary N) is 1. The maximum atomic E-state index is 12.5. The van der Waals surface area contributed by atoms with E-state index in [0.29, 0.717) is 18.5 Å². The Labute approximate surface area is 140 Å². The number of rotatable bonds is 6. The molecule has 4 nitrogen and oxygen atoms in total. The van der Waals surface area contributed by atoms with Gasteiger partial charge in [-0.25, -0.2) is 0 Å². The van der Waals surface area contributed by atoms with Gasteiger partial charge in [0.2, 0.25) is 5.91 Å². The number of nitrogens with zero attached hydrogens (tertiary/aromatic N) is 1. The number of methoxy groups -OCH3 is 1. The summed E-state index contributed by atoms with van der Waals surface area (Å²) in [5, 5.41) is 3.22. The van der Waals surface area contributed by atoms with Crippen molar-refractivity contribution in [2.75, 3.05) is 20.2 Å². The molecule has 1 N–H and O–H groups in total. The first-order valence-electron chi connectivity index (χ1n) is 8.68. The summed E-state index contributed by atoms with van der Waals surface area (Å²) in [4.78, 5) is 14.8. The third-order valence-corrected chi connectivity index (χ3v) is 4.75. The smallest absolute Gasteiger partial charge is 0.234 e. The van der Waals surface area contributed by atoms with Crippen LogP contribution in [0.2, 0.25) is 0 Å². The summed E-state index contributed by atoms with van der Waals surface area (Å²) in [6.45, 7) is 8.03. The van der Waals surface area contributed by atoms with Crippen LogP contribution in [0.3, 0.4) is 0 Å². The Kier molecular flexibility index (Phi) is 6.46. The van der Waals surface area contributed by atoms with Gasteiger partial charge in [-0.2, -0.15) is 0 Å². The number of carbonyl (C=O) groups is 1. The lowest BCUT2D eigenvalue weighted by Gasteiger charge is -2.33. The molecule has 2 atom stereocenters. The SMILES string of the molecule is COc1ccc([C@@H](NC(=O)CN2CCCC[C@H]2C)C(C)C)cc1. The minimum Gasteiger partial charge on any atom is -0.497 e. The van der Waals surface area contributed by atoms with Gasteiger partial charge >= 0.3 is 0 Å². The number of carbonyl (C=O) groups excluding carboxylic acids is 1. The fourth-order valence-electron chi connectivity index (χ4n) is 3.24. The predicted molar refractivity (Wildman–Crippen MR) is 93.6 cm³/mol. The molecule has 1 fully saturated rings. The van der Waals surface area contributed by atoms with Crippen molar-refractivity contribution in [3.63, 3.8) is 0 Å². The highest BCUT2D eigenvalue weighted by atomic mass is 16.5. The van der Waals surface area contributed by atoms with Crippen molar-refractivity contribution in [1.29, 1.82) is 0 Å². The highest BCUT2D eigenvalue weighted by Gasteiger charge is 2.23. The van der Waals surface area contributed by atoms with Gasteiger partial charge in [0.05, 0.1) is 19.7 Å². The lowest BCUT2D eigenvalue weighted by Crippen LogP contribution is -2.45. The van der Waals surface area contributed by atoms with Gasteiger partial charge in [0, 0.05) is 6.04 Å². The molecule has 128 valence electrons. The van der Waals surface area contributed by atoms with Crippen molar-refractivity contribution in [1.82, 2.24) is 10.2 Å². The zero-order valence-electron chi connectivity index (χ0n) is 14.8. The van der Waals surface area contributed by atoms with E-state index in [1.807, 2.05) is 24.3 Å². The minimum absolute atomic E-state index is 0.0357. The second kappa shape index (κ2) is 8.34. The van der Waals surface area contributed by atoms with Crippen LogP contribution in [0.15, 0.2) is 24.3 Å². The maximum absolute atomic E-state index is 12.5. The number of benzene rings is 1. The summed E-state index contributed by atoms with van der Waals surface area (Å²) in [5.74, 6) is 1.30. The fourth-order valence-corrected chi connectivity index (χ4v) is 3.24. The van der Waals surface area contributed by atoms with Gasteiger partial charge in [-0.15, -0.1) is 0 Å². The monoisotopic (exact) mass is 318 g/mol. The third kappa shape index (κ3) is 4.96. The Balaban J connectivity index is 1.99. The van der Waals surface area contributed by atoms with E-state index in [1.165, 1.54) is 19.3 Å². The fraction of sp³-hybridized carbons (Fsp3) is 0.632. The molecular formula is C19H30N2O2. The Morgan fingerprint density at radius 3 is 2.57 bits per heavy atom. The number of hydrogen-bond donors (Lipinski definition) is 1. The van der Waals surface area contributed by atoms with Crippen LogP contribution in [0.1, 0.15) is 51.6 Å². The van der Waals surface area contributed by atoms with Crippen molar-refractivity contribution in [2.45, 2.75) is 52.1 Å². The topological polar surface area (TPSA) is 41.6 Å². The number of ether oxygens (including phenoxy) is 1. The van der Waals surface area contributed by atoms with Crippen LogP contribution in [0, 0.1) is 5.92 Å². The molecule has 0 bridgehead atoms. The Morgan fingerprint density at radius 1 is 1.30 bits per heavy atom. The molecule has 0 spiro atoms. The van der Waals surface area contributed by atoms with Crippen molar-refractivity contribution in [3.05, 3.63) is 29.8 Å². The average molecular weight is 318 g/mol. The molecule has 0 saturated carbocycles. The molecule has 1 aliphatic heterocycles. The summed E-state index contributed by atoms with van der Waals surface area (Å²) in [6, 6.07) is 8.51. The third-order valence-electron chi connectivity index (χ3n) is 4.75. The molecule has 23 heavy (non-hydrogen) atoms. The first kappa shape index (κ1) is 17.8. The van der Waals surface area contributed by atoms with Crippen LogP contribution in [0.25, 0.3) is 0 Å². The van der Waals surface area contributed by atoms with E-state index in [-0.39, 0.29) is 11.9 Å². The number of amides is 1. The molecule has 1 aromatic carbocycles. The molecule has 1 aliphatic rings. The second-order valence-electron chi connectivity index (χ2n) is 6.88. The summed E-state index contributed by atoms with van der Waals surface area (Å²) >= 11 is 0. The Hall–Kier alpha value is -1.55. The van der Waals surface area contributed by atoms with Crippen molar-refractivity contribution >= 4 is 5.91 Å². The largest absolute Gasteiger partial charge is 0.497 e. The molecule has 0 aliphatic carbocycles. The van der Waals surface area contributed by atoms with E-state index >= 15 is 0 Å². The van der Waals surface area contributed by atoms with Gasteiger partial charge in [-0.3, -0.25) is 9.69 Å². The lowest BCUT2D eigenvalue weighted by atomic mass is 9.96. The standard InChI is InChI=1S/C19H30N2O2/c1-14(2)19(16-8-10-17(23-4)11-9-16)20-18(22)13-21-12-6-5-7-15(21)3/h8-11,14-15,19H,5-7,12-13H2,1-4H3,(H,20,22)/t15-,19+/m1/s1. The van der Waals surface area contributed by atoms with Gasteiger partial charge in [0.15, 0.2) is 0 Å². The van der Waals surface area contributed by atoms with Crippen LogP contribution < -0.4 is 10.1 Å². The molecule has 2 rings (SSSR count). The van der Waals surface area contributed by atoms with Gasteiger partial charge < -0.3 is 10.1 Å². The number of likely N-dealkylation sites (tertiary alicyclic amines) is 1. The molecular weight excluding hydrogens is 288 g/mol. The van der Waals surface area contributed by atoms with Crippen molar-refractivity contribution in [2.24, 2.45) is 5.92 Å². The van der Waals surface area contributed by atoms with Crippen molar-refractivity contribution in [3.8, 4) is 5.75 Å². The van der Waals surface area contributed by atoms with Gasteiger partial charge in [0.25, 0.3) is 0 Å². The summed E-state index contributed by atoms with van der Waals surface area (Å²) in [5.41, 5.74) is 1.13. The average Bonchev–Trinajstić information content (AvgIpc) is 2.55. The molecule has 1 heterocycles. The van der Waals surface area contributed by atoms with Crippen LogP contribution in [0.4, 0.5) is 0 Å². The van der Waals surface area contributed by atoms with E-state index in [2.05, 4.69) is 31.0 Å². The maximum Gasteiger partial charge on any atom is 0.234 e. The molecule has 4 heteroatoms. The molecule has 0 aromatic heterocycles. The molecule has 0 unspecified atom stereocenters. The number of piperidine rings is 1. The number of hydrogen-bond acceptors (Lipinski definition) is 3. The van der Waals surface area contributed by atoms with Gasteiger partial charge in [-0.1, -0.05) is 32.4 Å². The Bertz CT molecular complexity index is 499. The summed E-state index contributed by atoms with van der Waals surface area (Å²) in [6.07, 6.45) is 3.67. The first-order valence-corrected chi connectivity index (χ1v) is 8.68. The lowest BCUT2D eigenvalue weighted by molar-refractivity contribution is -0.124. The molecule has 1 aromatic rings. The predicted octanol–water partition coefficient (Wildman–Crippen LogP) is 3.38. The van der Waals surface area contributed by atoms with Crippen molar-refractivity contribution < 1.29 is 9.53 Å². The summed E-state index contributed by atoms with van der Waals surface area (Å²) < 4.78 is 5.21. The molecule has 0 radical (unpaired) electrons. The van der Waals surface area contributed by atoms with E-state index in [4.69, 9.17) is 4.74 Å². The van der Waals surface area contributed by atoms with Crippen LogP contribution in [-0.4, -0.2) is 37.0 Å². The van der Waals surface area contributed by atoms with E-state index in [0.717, 1.165) is 17.9 Å². The second-order valence-corrected chi connectivity index (χ2v) is 6.88. The van der Waals surface area contributed by atoms with Crippen LogP contribution >= 0.6 is 0 Å². The van der Waals surface area contributed by atoms with Gasteiger partial charge in [0.1, 0.15) is 5.75 Å². The molecule has 1 saturated heterocycles. The van der Waals surface area contributed by atoms with Gasteiger partial charge in [-0.05, 0) is 49.9 Å². The first-order chi connectivity index (χ1) is 11.0. The zero-order valence-corrected chi connectivity index (χ0v) is 14.8. The van der Waals surface area contributed by atoms with E-state index in [1.54, 1.807) is 7.11 Å². The van der Waals surface area contributed by atoms with Crippen LogP contribution in [0.5, 0.6) is 5.75 Å². The van der Waals surface area contributed by atoms with E-state index in [9.17, 15) is 4.79 Å². The molecule has 1 amide bonds. The zero-order chi connectivity index (χ0) is 16.8. The highest BCUT2D eigenvalue weighted by molar-refractivity contribution is 5.78. The van der Waals surface area contributed by atoms with E-state index < -0.39 is 0 Å².